The van der Waals surface area contributed by atoms with Gasteiger partial charge in [0.05, 0.1) is 0 Å². The van der Waals surface area contributed by atoms with E-state index in [4.69, 9.17) is 4.74 Å². The lowest BCUT2D eigenvalue weighted by Gasteiger charge is -2.20. The van der Waals surface area contributed by atoms with Gasteiger partial charge in [0.2, 0.25) is 0 Å². The molecule has 3 aromatic rings. The van der Waals surface area contributed by atoms with Gasteiger partial charge in [-0.2, -0.15) is 0 Å². The molecule has 130 valence electrons. The van der Waals surface area contributed by atoms with E-state index in [0.717, 1.165) is 31.6 Å². The van der Waals surface area contributed by atoms with Crippen LogP contribution in [-0.2, 0) is 11.3 Å². The van der Waals surface area contributed by atoms with Crippen LogP contribution in [0.4, 0.5) is 4.79 Å². The third-order valence-corrected chi connectivity index (χ3v) is 5.52. The number of hydrogen-bond acceptors (Lipinski definition) is 2. The van der Waals surface area contributed by atoms with Gasteiger partial charge >= 0.3 is 6.09 Å². The Kier molecular flexibility index (Phi) is 5.28. The SMILES string of the molecule is CCN(CC)C(=O)OCc1c2ccccc2c(Br)c2cccc(C)c12. The van der Waals surface area contributed by atoms with Gasteiger partial charge < -0.3 is 9.64 Å². The van der Waals surface area contributed by atoms with Crippen molar-refractivity contribution in [3.05, 3.63) is 58.1 Å². The number of amides is 1. The zero-order valence-electron chi connectivity index (χ0n) is 14.8. The van der Waals surface area contributed by atoms with Crippen molar-refractivity contribution in [2.45, 2.75) is 27.4 Å². The van der Waals surface area contributed by atoms with Crippen molar-refractivity contribution in [1.29, 1.82) is 0 Å². The van der Waals surface area contributed by atoms with E-state index in [2.05, 4.69) is 53.2 Å². The fourth-order valence-corrected chi connectivity index (χ4v) is 4.00. The van der Waals surface area contributed by atoms with E-state index in [1.54, 1.807) is 4.90 Å². The minimum Gasteiger partial charge on any atom is -0.444 e. The van der Waals surface area contributed by atoms with Crippen molar-refractivity contribution in [3.8, 4) is 0 Å². The number of benzene rings is 3. The maximum atomic E-state index is 12.3. The molecule has 4 heteroatoms. The van der Waals surface area contributed by atoms with Gasteiger partial charge in [-0.25, -0.2) is 4.79 Å². The molecule has 0 spiro atoms. The van der Waals surface area contributed by atoms with Crippen LogP contribution in [0.25, 0.3) is 21.5 Å². The highest BCUT2D eigenvalue weighted by atomic mass is 79.9. The Morgan fingerprint density at radius 3 is 2.32 bits per heavy atom. The first-order valence-corrected chi connectivity index (χ1v) is 9.37. The topological polar surface area (TPSA) is 29.5 Å². The summed E-state index contributed by atoms with van der Waals surface area (Å²) in [6, 6.07) is 14.5. The first-order chi connectivity index (χ1) is 12.1. The summed E-state index contributed by atoms with van der Waals surface area (Å²) in [7, 11) is 0. The molecule has 0 N–H and O–H groups in total. The molecule has 0 heterocycles. The molecule has 0 fully saturated rings. The Morgan fingerprint density at radius 1 is 1.00 bits per heavy atom. The second-order valence-electron chi connectivity index (χ2n) is 6.06. The molecule has 0 atom stereocenters. The highest BCUT2D eigenvalue weighted by molar-refractivity contribution is 9.10. The van der Waals surface area contributed by atoms with Crippen LogP contribution < -0.4 is 0 Å². The highest BCUT2D eigenvalue weighted by Crippen LogP contribution is 2.38. The predicted octanol–water partition coefficient (Wildman–Crippen LogP) is 6.04. The molecule has 0 aliphatic rings. The quantitative estimate of drug-likeness (QED) is 0.500. The number of rotatable bonds is 4. The summed E-state index contributed by atoms with van der Waals surface area (Å²) in [5.74, 6) is 0. The fourth-order valence-electron chi connectivity index (χ4n) is 3.33. The highest BCUT2D eigenvalue weighted by Gasteiger charge is 2.17. The summed E-state index contributed by atoms with van der Waals surface area (Å²) >= 11 is 3.76. The zero-order valence-corrected chi connectivity index (χ0v) is 16.4. The Balaban J connectivity index is 2.15. The van der Waals surface area contributed by atoms with Crippen molar-refractivity contribution in [1.82, 2.24) is 4.90 Å². The molecular weight excluding hydrogens is 378 g/mol. The van der Waals surface area contributed by atoms with Crippen molar-refractivity contribution in [2.24, 2.45) is 0 Å². The normalized spacial score (nSPS) is 11.0. The molecule has 0 saturated heterocycles. The summed E-state index contributed by atoms with van der Waals surface area (Å²) in [6.45, 7) is 7.58. The van der Waals surface area contributed by atoms with Gasteiger partial charge in [-0.1, -0.05) is 42.5 Å². The summed E-state index contributed by atoms with van der Waals surface area (Å²) in [5.41, 5.74) is 2.24. The standard InChI is InChI=1S/C21H22BrNO2/c1-4-23(5-2)21(24)25-13-18-15-10-6-7-11-16(15)20(22)17-12-8-9-14(3)19(17)18/h6-12H,4-5,13H2,1-3H3. The van der Waals surface area contributed by atoms with E-state index < -0.39 is 0 Å². The number of ether oxygens (including phenoxy) is 1. The van der Waals surface area contributed by atoms with Crippen LogP contribution in [-0.4, -0.2) is 24.1 Å². The van der Waals surface area contributed by atoms with E-state index >= 15 is 0 Å². The van der Waals surface area contributed by atoms with E-state index in [-0.39, 0.29) is 12.7 Å². The molecule has 25 heavy (non-hydrogen) atoms. The maximum absolute atomic E-state index is 12.3. The summed E-state index contributed by atoms with van der Waals surface area (Å²) in [6.07, 6.45) is -0.265. The maximum Gasteiger partial charge on any atom is 0.410 e. The lowest BCUT2D eigenvalue weighted by Crippen LogP contribution is -2.31. The van der Waals surface area contributed by atoms with E-state index in [1.807, 2.05) is 26.0 Å². The smallest absolute Gasteiger partial charge is 0.410 e. The molecule has 3 nitrogen and oxygen atoms in total. The Morgan fingerprint density at radius 2 is 1.64 bits per heavy atom. The molecule has 0 unspecified atom stereocenters. The van der Waals surface area contributed by atoms with E-state index in [0.29, 0.717) is 13.1 Å². The second kappa shape index (κ2) is 7.44. The Hall–Kier alpha value is -2.07. The number of fused-ring (bicyclic) bond motifs is 2. The number of hydrogen-bond donors (Lipinski definition) is 0. The van der Waals surface area contributed by atoms with Crippen LogP contribution in [0.3, 0.4) is 0 Å². The summed E-state index contributed by atoms with van der Waals surface area (Å²) < 4.78 is 6.74. The molecule has 0 aliphatic heterocycles. The third kappa shape index (κ3) is 3.23. The molecular formula is C21H22BrNO2. The number of halogens is 1. The van der Waals surface area contributed by atoms with Crippen LogP contribution in [0.2, 0.25) is 0 Å². The minimum absolute atomic E-state index is 0.265. The molecule has 3 rings (SSSR count). The fraction of sp³-hybridized carbons (Fsp3) is 0.286. The first kappa shape index (κ1) is 17.7. The predicted molar refractivity (Wildman–Crippen MR) is 107 cm³/mol. The largest absolute Gasteiger partial charge is 0.444 e. The molecule has 0 aliphatic carbocycles. The third-order valence-electron chi connectivity index (χ3n) is 4.66. The van der Waals surface area contributed by atoms with Crippen LogP contribution >= 0.6 is 15.9 Å². The van der Waals surface area contributed by atoms with Crippen LogP contribution in [0.15, 0.2) is 46.9 Å². The molecule has 0 aromatic heterocycles. The van der Waals surface area contributed by atoms with Crippen molar-refractivity contribution < 1.29 is 9.53 Å². The first-order valence-electron chi connectivity index (χ1n) is 8.58. The van der Waals surface area contributed by atoms with Gasteiger partial charge in [-0.3, -0.25) is 0 Å². The number of carbonyl (C=O) groups excluding carboxylic acids is 1. The molecule has 0 radical (unpaired) electrons. The van der Waals surface area contributed by atoms with Crippen molar-refractivity contribution in [3.63, 3.8) is 0 Å². The van der Waals surface area contributed by atoms with Crippen molar-refractivity contribution >= 4 is 43.6 Å². The lowest BCUT2D eigenvalue weighted by atomic mass is 9.94. The average Bonchev–Trinajstić information content (AvgIpc) is 2.63. The second-order valence-corrected chi connectivity index (χ2v) is 6.86. The Labute approximate surface area is 156 Å². The average molecular weight is 400 g/mol. The van der Waals surface area contributed by atoms with Crippen LogP contribution in [0, 0.1) is 6.92 Å². The lowest BCUT2D eigenvalue weighted by molar-refractivity contribution is 0.101. The van der Waals surface area contributed by atoms with Gasteiger partial charge in [0.25, 0.3) is 0 Å². The van der Waals surface area contributed by atoms with Gasteiger partial charge in [-0.05, 0) is 63.8 Å². The van der Waals surface area contributed by atoms with E-state index in [1.165, 1.54) is 5.56 Å². The number of aryl methyl sites for hydroxylation is 1. The molecule has 0 bridgehead atoms. The molecule has 1 amide bonds. The summed E-state index contributed by atoms with van der Waals surface area (Å²) in [5, 5.41) is 4.55. The van der Waals surface area contributed by atoms with Crippen LogP contribution in [0.5, 0.6) is 0 Å². The summed E-state index contributed by atoms with van der Waals surface area (Å²) in [4.78, 5) is 14.0. The Bertz CT molecular complexity index is 932. The van der Waals surface area contributed by atoms with Gasteiger partial charge in [0.1, 0.15) is 6.61 Å². The number of nitrogens with zero attached hydrogens (tertiary/aromatic N) is 1. The molecule has 3 aromatic carbocycles. The molecule has 0 saturated carbocycles. The van der Waals surface area contributed by atoms with E-state index in [9.17, 15) is 4.79 Å². The van der Waals surface area contributed by atoms with Gasteiger partial charge in [0.15, 0.2) is 0 Å². The zero-order chi connectivity index (χ0) is 18.0. The number of carbonyl (C=O) groups is 1. The van der Waals surface area contributed by atoms with Gasteiger partial charge in [-0.15, -0.1) is 0 Å². The minimum atomic E-state index is -0.265. The monoisotopic (exact) mass is 399 g/mol. The van der Waals surface area contributed by atoms with Gasteiger partial charge in [0, 0.05) is 23.1 Å². The van der Waals surface area contributed by atoms with Crippen molar-refractivity contribution in [2.75, 3.05) is 13.1 Å². The van der Waals surface area contributed by atoms with Crippen LogP contribution in [0.1, 0.15) is 25.0 Å².